The molecule has 15 heteroatoms. The number of thioether (sulfide) groups is 1. The Kier molecular flexibility index (Phi) is 13.6. The molecule has 0 aliphatic rings. The van der Waals surface area contributed by atoms with Gasteiger partial charge in [-0.2, -0.15) is 11.8 Å². The third-order valence-electron chi connectivity index (χ3n) is 3.98. The van der Waals surface area contributed by atoms with E-state index in [1.165, 1.54) is 18.7 Å². The standard InChI is InChI=1S/C17H30N6O8S/c1-8(14(28)22-10(3-4-32-2)16(30)20-6-13(26)27)21-17(31)11(5-12(19)25)23-15(29)9(18)7-24/h8-11,24H,3-7,18H2,1-2H3,(H2,19,25)(H,20,30)(H,21,31)(H,22,28)(H,23,29)(H,26,27)/t8-,9-,10-,11-/m0/s1. The maximum Gasteiger partial charge on any atom is 0.322 e. The summed E-state index contributed by atoms with van der Waals surface area (Å²) in [4.78, 5) is 70.7. The van der Waals surface area contributed by atoms with Crippen molar-refractivity contribution < 1.29 is 39.0 Å². The Hall–Kier alpha value is -2.91. The first-order chi connectivity index (χ1) is 14.9. The third kappa shape index (κ3) is 11.5. The van der Waals surface area contributed by atoms with Gasteiger partial charge in [-0.1, -0.05) is 0 Å². The maximum absolute atomic E-state index is 12.5. The SMILES string of the molecule is CSCC[C@H](NC(=O)[C@H](C)NC(=O)[C@H](CC(N)=O)NC(=O)[C@@H](N)CO)C(=O)NCC(=O)O. The molecule has 0 spiro atoms. The molecule has 182 valence electrons. The number of primary amides is 1. The molecule has 4 atom stereocenters. The predicted octanol–water partition coefficient (Wildman–Crippen LogP) is -4.39. The number of carboxylic acid groups (broad SMARTS) is 1. The molecular weight excluding hydrogens is 448 g/mol. The average Bonchev–Trinajstić information content (AvgIpc) is 2.72. The molecule has 0 saturated carbocycles. The van der Waals surface area contributed by atoms with Crippen LogP contribution < -0.4 is 32.7 Å². The number of nitrogens with one attached hydrogen (secondary N) is 4. The first-order valence-corrected chi connectivity index (χ1v) is 10.9. The van der Waals surface area contributed by atoms with E-state index in [4.69, 9.17) is 21.7 Å². The van der Waals surface area contributed by atoms with Gasteiger partial charge in [-0.3, -0.25) is 28.8 Å². The van der Waals surface area contributed by atoms with E-state index in [1.807, 2.05) is 0 Å². The van der Waals surface area contributed by atoms with Crippen LogP contribution in [0.15, 0.2) is 0 Å². The normalized spacial score (nSPS) is 14.2. The first-order valence-electron chi connectivity index (χ1n) is 9.47. The minimum absolute atomic E-state index is 0.207. The summed E-state index contributed by atoms with van der Waals surface area (Å²) >= 11 is 1.41. The van der Waals surface area contributed by atoms with Crippen molar-refractivity contribution in [3.05, 3.63) is 0 Å². The fourth-order valence-electron chi connectivity index (χ4n) is 2.24. The maximum atomic E-state index is 12.5. The summed E-state index contributed by atoms with van der Waals surface area (Å²) in [5, 5.41) is 26.6. The largest absolute Gasteiger partial charge is 0.480 e. The summed E-state index contributed by atoms with van der Waals surface area (Å²) in [7, 11) is 0. The van der Waals surface area contributed by atoms with Crippen molar-refractivity contribution in [3.63, 3.8) is 0 Å². The molecule has 0 aliphatic heterocycles. The molecule has 0 unspecified atom stereocenters. The molecule has 0 aromatic heterocycles. The van der Waals surface area contributed by atoms with Gasteiger partial charge in [0.1, 0.15) is 30.7 Å². The fraction of sp³-hybridized carbons (Fsp3) is 0.647. The highest BCUT2D eigenvalue weighted by molar-refractivity contribution is 7.98. The van der Waals surface area contributed by atoms with E-state index in [1.54, 1.807) is 6.26 Å². The number of aliphatic carboxylic acids is 1. The van der Waals surface area contributed by atoms with Crippen LogP contribution in [0.4, 0.5) is 0 Å². The fourth-order valence-corrected chi connectivity index (χ4v) is 2.71. The number of hydrogen-bond donors (Lipinski definition) is 8. The number of nitrogens with two attached hydrogens (primary N) is 2. The summed E-state index contributed by atoms with van der Waals surface area (Å²) in [6.45, 7) is -0.0191. The molecule has 0 radical (unpaired) electrons. The van der Waals surface area contributed by atoms with Crippen LogP contribution in [0.1, 0.15) is 19.8 Å². The summed E-state index contributed by atoms with van der Waals surface area (Å²) in [5.41, 5.74) is 10.4. The Labute approximate surface area is 188 Å². The highest BCUT2D eigenvalue weighted by Crippen LogP contribution is 2.02. The number of aliphatic hydroxyl groups is 1. The average molecular weight is 479 g/mol. The van der Waals surface area contributed by atoms with Crippen molar-refractivity contribution >= 4 is 47.3 Å². The van der Waals surface area contributed by atoms with E-state index >= 15 is 0 Å². The summed E-state index contributed by atoms with van der Waals surface area (Å²) < 4.78 is 0. The zero-order valence-corrected chi connectivity index (χ0v) is 18.6. The van der Waals surface area contributed by atoms with Crippen LogP contribution >= 0.6 is 11.8 Å². The van der Waals surface area contributed by atoms with Gasteiger partial charge < -0.3 is 42.9 Å². The molecule has 0 aromatic rings. The van der Waals surface area contributed by atoms with Crippen molar-refractivity contribution in [3.8, 4) is 0 Å². The molecule has 5 amide bonds. The number of carbonyl (C=O) groups excluding carboxylic acids is 5. The van der Waals surface area contributed by atoms with Crippen molar-refractivity contribution in [1.82, 2.24) is 21.3 Å². The van der Waals surface area contributed by atoms with Crippen LogP contribution in [0.25, 0.3) is 0 Å². The second-order valence-corrected chi connectivity index (χ2v) is 7.69. The van der Waals surface area contributed by atoms with Gasteiger partial charge in [0.15, 0.2) is 0 Å². The number of amides is 5. The van der Waals surface area contributed by atoms with Gasteiger partial charge in [-0.25, -0.2) is 0 Å². The Balaban J connectivity index is 5.13. The number of carboxylic acids is 1. The summed E-state index contributed by atoms with van der Waals surface area (Å²) in [6, 6.07) is -5.01. The van der Waals surface area contributed by atoms with E-state index in [0.717, 1.165) is 0 Å². The second-order valence-electron chi connectivity index (χ2n) is 6.71. The Morgan fingerprint density at radius 2 is 1.53 bits per heavy atom. The van der Waals surface area contributed by atoms with E-state index in [2.05, 4.69) is 21.3 Å². The van der Waals surface area contributed by atoms with E-state index in [0.29, 0.717) is 5.75 Å². The van der Waals surface area contributed by atoms with E-state index < -0.39 is 79.2 Å². The van der Waals surface area contributed by atoms with Crippen LogP contribution in [0.5, 0.6) is 0 Å². The van der Waals surface area contributed by atoms with E-state index in [-0.39, 0.29) is 6.42 Å². The van der Waals surface area contributed by atoms with Crippen LogP contribution in [0.2, 0.25) is 0 Å². The smallest absolute Gasteiger partial charge is 0.322 e. The zero-order chi connectivity index (χ0) is 24.8. The molecule has 10 N–H and O–H groups in total. The molecule has 32 heavy (non-hydrogen) atoms. The molecule has 0 heterocycles. The lowest BCUT2D eigenvalue weighted by Gasteiger charge is -2.23. The monoisotopic (exact) mass is 478 g/mol. The minimum atomic E-state index is -1.45. The molecule has 0 saturated heterocycles. The van der Waals surface area contributed by atoms with Crippen molar-refractivity contribution in [2.45, 2.75) is 43.9 Å². The van der Waals surface area contributed by atoms with Crippen LogP contribution in [0.3, 0.4) is 0 Å². The highest BCUT2D eigenvalue weighted by Gasteiger charge is 2.29. The van der Waals surface area contributed by atoms with Crippen molar-refractivity contribution in [2.24, 2.45) is 11.5 Å². The third-order valence-corrected chi connectivity index (χ3v) is 4.63. The molecule has 0 aromatic carbocycles. The summed E-state index contributed by atoms with van der Waals surface area (Å²) in [6.07, 6.45) is 1.41. The van der Waals surface area contributed by atoms with Gasteiger partial charge in [0.25, 0.3) is 0 Å². The van der Waals surface area contributed by atoms with Crippen LogP contribution in [-0.2, 0) is 28.8 Å². The lowest BCUT2D eigenvalue weighted by Crippen LogP contribution is -2.58. The number of carbonyl (C=O) groups is 6. The quantitative estimate of drug-likeness (QED) is 0.112. The predicted molar refractivity (Wildman–Crippen MR) is 114 cm³/mol. The van der Waals surface area contributed by atoms with Crippen LogP contribution in [-0.4, -0.2) is 95.0 Å². The lowest BCUT2D eigenvalue weighted by atomic mass is 10.1. The number of hydrogen-bond acceptors (Lipinski definition) is 9. The summed E-state index contributed by atoms with van der Waals surface area (Å²) in [5.74, 6) is -4.95. The highest BCUT2D eigenvalue weighted by atomic mass is 32.2. The first kappa shape index (κ1) is 29.1. The molecule has 14 nitrogen and oxygen atoms in total. The van der Waals surface area contributed by atoms with Crippen molar-refractivity contribution in [2.75, 3.05) is 25.2 Å². The van der Waals surface area contributed by atoms with Crippen molar-refractivity contribution in [1.29, 1.82) is 0 Å². The minimum Gasteiger partial charge on any atom is -0.480 e. The van der Waals surface area contributed by atoms with Gasteiger partial charge in [0.05, 0.1) is 13.0 Å². The number of rotatable bonds is 15. The number of aliphatic hydroxyl groups excluding tert-OH is 1. The van der Waals surface area contributed by atoms with Gasteiger partial charge >= 0.3 is 5.97 Å². The Morgan fingerprint density at radius 3 is 2.03 bits per heavy atom. The zero-order valence-electron chi connectivity index (χ0n) is 17.8. The molecule has 0 bridgehead atoms. The molecule has 0 aliphatic carbocycles. The van der Waals surface area contributed by atoms with E-state index in [9.17, 15) is 28.8 Å². The van der Waals surface area contributed by atoms with Crippen LogP contribution in [0, 0.1) is 0 Å². The Bertz CT molecular complexity index is 707. The Morgan fingerprint density at radius 1 is 0.938 bits per heavy atom. The van der Waals surface area contributed by atoms with Gasteiger partial charge in [0.2, 0.25) is 29.5 Å². The second kappa shape index (κ2) is 15.0. The van der Waals surface area contributed by atoms with Gasteiger partial charge in [-0.15, -0.1) is 0 Å². The topological polar surface area (TPSA) is 243 Å². The molecule has 0 fully saturated rings. The van der Waals surface area contributed by atoms with Gasteiger partial charge in [0, 0.05) is 0 Å². The van der Waals surface area contributed by atoms with Gasteiger partial charge in [-0.05, 0) is 25.4 Å². The lowest BCUT2D eigenvalue weighted by molar-refractivity contribution is -0.138. The molecular formula is C17H30N6O8S. The molecule has 0 rings (SSSR count).